The van der Waals surface area contributed by atoms with E-state index in [1.54, 1.807) is 38.4 Å². The van der Waals surface area contributed by atoms with E-state index in [1.807, 2.05) is 20.8 Å². The van der Waals surface area contributed by atoms with Crippen molar-refractivity contribution in [2.24, 2.45) is 11.3 Å². The van der Waals surface area contributed by atoms with Crippen LogP contribution in [0.3, 0.4) is 0 Å². The van der Waals surface area contributed by atoms with Crippen LogP contribution in [0, 0.1) is 11.3 Å². The molecule has 0 aromatic heterocycles. The van der Waals surface area contributed by atoms with Crippen LogP contribution in [0.2, 0.25) is 0 Å². The summed E-state index contributed by atoms with van der Waals surface area (Å²) in [6, 6.07) is 6.31. The fourth-order valence-electron chi connectivity index (χ4n) is 3.84. The zero-order valence-corrected chi connectivity index (χ0v) is 24.7. The largest absolute Gasteiger partial charge is 0.463 e. The number of nitrogens with zero attached hydrogens (tertiary/aromatic N) is 3. The van der Waals surface area contributed by atoms with Crippen LogP contribution < -0.4 is 10.1 Å². The van der Waals surface area contributed by atoms with Crippen LogP contribution in [0.4, 0.5) is 9.59 Å². The molecule has 2 unspecified atom stereocenters. The Morgan fingerprint density at radius 3 is 2.40 bits per heavy atom. The molecule has 40 heavy (non-hydrogen) atoms. The second kappa shape index (κ2) is 15.3. The summed E-state index contributed by atoms with van der Waals surface area (Å²) in [5.74, 6) is -0.853. The summed E-state index contributed by atoms with van der Waals surface area (Å²) in [6.07, 6.45) is -1.11. The average Bonchev–Trinajstić information content (AvgIpc) is 3.20. The van der Waals surface area contributed by atoms with Crippen molar-refractivity contribution in [3.05, 3.63) is 29.8 Å². The Labute approximate surface area is 237 Å². The Morgan fingerprint density at radius 1 is 1.15 bits per heavy atom. The van der Waals surface area contributed by atoms with E-state index in [9.17, 15) is 28.8 Å². The highest BCUT2D eigenvalue weighted by molar-refractivity contribution is 7.57. The molecule has 1 fully saturated rings. The van der Waals surface area contributed by atoms with Gasteiger partial charge in [0.1, 0.15) is 12.4 Å². The molecule has 13 heteroatoms. The summed E-state index contributed by atoms with van der Waals surface area (Å²) >= 11 is 0. The number of likely N-dealkylation sites (tertiary alicyclic amines) is 1. The van der Waals surface area contributed by atoms with Gasteiger partial charge in [-0.05, 0) is 37.9 Å². The Bertz CT molecular complexity index is 1130. The van der Waals surface area contributed by atoms with E-state index < -0.39 is 12.5 Å². The van der Waals surface area contributed by atoms with Crippen LogP contribution in [0.15, 0.2) is 24.3 Å². The number of hydrogen-bond acceptors (Lipinski definition) is 8. The van der Waals surface area contributed by atoms with Gasteiger partial charge in [-0.1, -0.05) is 32.9 Å². The van der Waals surface area contributed by atoms with E-state index in [1.165, 1.54) is 14.7 Å². The second-order valence-electron chi connectivity index (χ2n) is 10.6. The van der Waals surface area contributed by atoms with Crippen molar-refractivity contribution in [2.75, 3.05) is 46.4 Å². The third-order valence-electron chi connectivity index (χ3n) is 6.43. The Kier molecular flexibility index (Phi) is 11.9. The average molecular weight is 580 g/mol. The Hall–Kier alpha value is -3.53. The number of carbonyl (C=O) groups excluding carboxylic acids is 6. The number of likely N-dealkylation sites (N-methyl/N-ethyl adjacent to an activating group) is 2. The van der Waals surface area contributed by atoms with E-state index in [0.29, 0.717) is 24.0 Å². The maximum absolute atomic E-state index is 12.5. The van der Waals surface area contributed by atoms with Gasteiger partial charge in [0, 0.05) is 53.1 Å². The van der Waals surface area contributed by atoms with Crippen LogP contribution >= 0.6 is 8.58 Å². The van der Waals surface area contributed by atoms with Gasteiger partial charge >= 0.3 is 6.09 Å². The highest BCUT2D eigenvalue weighted by atomic mass is 31.1. The fraction of sp³-hybridized carbons (Fsp3) is 0.556. The van der Waals surface area contributed by atoms with Crippen molar-refractivity contribution in [3.63, 3.8) is 0 Å². The summed E-state index contributed by atoms with van der Waals surface area (Å²) in [4.78, 5) is 76.3. The fourth-order valence-corrected chi connectivity index (χ4v) is 4.69. The first-order valence-corrected chi connectivity index (χ1v) is 14.1. The lowest BCUT2D eigenvalue weighted by Gasteiger charge is -2.24. The number of imide groups is 1. The van der Waals surface area contributed by atoms with Crippen molar-refractivity contribution in [1.82, 2.24) is 20.0 Å². The molecule has 12 nitrogen and oxygen atoms in total. The first kappa shape index (κ1) is 31.0. The van der Waals surface area contributed by atoms with Gasteiger partial charge in [-0.3, -0.25) is 28.9 Å². The molecule has 1 aromatic rings. The van der Waals surface area contributed by atoms with Crippen LogP contribution in [0.5, 0.6) is 5.75 Å². The summed E-state index contributed by atoms with van der Waals surface area (Å²) < 4.78 is 16.6. The minimum absolute atomic E-state index is 0.0132. The SMILES string of the molecule is [2H]C(=O)OCc1ccc(OC(=O)N(C)CCN(C)C(=O)PCCNC(=O)CCN2C(=O)CC(C(C)(C)C)C2=O)cc1. The number of benzene rings is 1. The monoisotopic (exact) mass is 579 g/mol. The molecule has 1 saturated heterocycles. The molecule has 1 aromatic carbocycles. The zero-order valence-electron chi connectivity index (χ0n) is 24.7. The van der Waals surface area contributed by atoms with E-state index in [-0.39, 0.29) is 82.4 Å². The first-order valence-electron chi connectivity index (χ1n) is 13.4. The molecule has 1 heterocycles. The van der Waals surface area contributed by atoms with E-state index in [4.69, 9.17) is 6.11 Å². The smallest absolute Gasteiger partial charge is 0.415 e. The van der Waals surface area contributed by atoms with Gasteiger partial charge < -0.3 is 24.6 Å². The van der Waals surface area contributed by atoms with Gasteiger partial charge in [-0.2, -0.15) is 0 Å². The molecule has 2 rings (SSSR count). The summed E-state index contributed by atoms with van der Waals surface area (Å²) in [6.45, 7) is 6.56. The molecule has 0 spiro atoms. The predicted molar refractivity (Wildman–Crippen MR) is 149 cm³/mol. The molecule has 2 atom stereocenters. The minimum Gasteiger partial charge on any atom is -0.463 e. The zero-order chi connectivity index (χ0) is 30.7. The number of carbonyl (C=O) groups is 6. The van der Waals surface area contributed by atoms with Crippen molar-refractivity contribution in [3.8, 4) is 5.75 Å². The lowest BCUT2D eigenvalue weighted by molar-refractivity contribution is -0.140. The van der Waals surface area contributed by atoms with Crippen LogP contribution in [0.25, 0.3) is 0 Å². The van der Waals surface area contributed by atoms with Crippen molar-refractivity contribution >= 4 is 44.5 Å². The number of amides is 5. The lowest BCUT2D eigenvalue weighted by atomic mass is 9.80. The van der Waals surface area contributed by atoms with Crippen LogP contribution in [0.1, 0.15) is 40.5 Å². The van der Waals surface area contributed by atoms with Gasteiger partial charge in [0.15, 0.2) is 1.37 Å². The minimum atomic E-state index is -1.13. The van der Waals surface area contributed by atoms with Gasteiger partial charge in [0.2, 0.25) is 23.4 Å². The quantitative estimate of drug-likeness (QED) is 0.163. The lowest BCUT2D eigenvalue weighted by Crippen LogP contribution is -2.38. The molecule has 0 saturated carbocycles. The summed E-state index contributed by atoms with van der Waals surface area (Å²) in [5, 5.41) is 2.72. The molecular weight excluding hydrogens is 539 g/mol. The summed E-state index contributed by atoms with van der Waals surface area (Å²) in [7, 11) is 3.10. The van der Waals surface area contributed by atoms with Gasteiger partial charge in [-0.15, -0.1) is 0 Å². The second-order valence-corrected chi connectivity index (χ2v) is 11.8. The molecule has 220 valence electrons. The molecule has 0 aliphatic carbocycles. The van der Waals surface area contributed by atoms with Gasteiger partial charge in [0.05, 0.1) is 5.92 Å². The maximum atomic E-state index is 12.5. The highest BCUT2D eigenvalue weighted by Crippen LogP contribution is 2.35. The van der Waals surface area contributed by atoms with Crippen LogP contribution in [-0.4, -0.2) is 97.0 Å². The molecular formula is C27H39N4O8P. The molecule has 0 radical (unpaired) electrons. The molecule has 1 N–H and O–H groups in total. The maximum Gasteiger partial charge on any atom is 0.415 e. The van der Waals surface area contributed by atoms with Crippen molar-refractivity contribution in [2.45, 2.75) is 40.2 Å². The Morgan fingerprint density at radius 2 is 1.80 bits per heavy atom. The normalized spacial score (nSPS) is 15.7. The van der Waals surface area contributed by atoms with Crippen molar-refractivity contribution < 1.29 is 39.6 Å². The molecule has 1 aliphatic rings. The standard InChI is InChI=1S/C27H39N4O8P/c1-27(2,3)21-16-23(34)31(24(21)35)12-10-22(33)28-11-15-40-26(37)30(5)14-13-29(4)25(36)39-20-8-6-19(7-9-20)17-38-18-32/h6-9,18,21,40H,10-17H2,1-5H3,(H,28,33)/i18D. The van der Waals surface area contributed by atoms with Gasteiger partial charge in [0.25, 0.3) is 6.45 Å². The van der Waals surface area contributed by atoms with E-state index in [0.717, 1.165) is 0 Å². The van der Waals surface area contributed by atoms with Crippen molar-refractivity contribution in [1.29, 1.82) is 0 Å². The molecule has 5 amide bonds. The first-order chi connectivity index (χ1) is 19.2. The van der Waals surface area contributed by atoms with E-state index in [2.05, 4.69) is 10.1 Å². The highest BCUT2D eigenvalue weighted by Gasteiger charge is 2.44. The molecule has 0 bridgehead atoms. The number of ether oxygens (including phenoxy) is 2. The third-order valence-corrected chi connectivity index (χ3v) is 7.61. The van der Waals surface area contributed by atoms with Gasteiger partial charge in [-0.25, -0.2) is 4.79 Å². The Balaban J connectivity index is 1.62. The number of rotatable bonds is 13. The third kappa shape index (κ3) is 10.2. The predicted octanol–water partition coefficient (Wildman–Crippen LogP) is 2.45. The summed E-state index contributed by atoms with van der Waals surface area (Å²) in [5.41, 5.74) is 0.205. The number of hydrogen-bond donors (Lipinski definition) is 1. The number of nitrogens with one attached hydrogen (secondary N) is 1. The van der Waals surface area contributed by atoms with Crippen LogP contribution in [-0.2, 0) is 30.5 Å². The van der Waals surface area contributed by atoms with E-state index >= 15 is 0 Å². The topological polar surface area (TPSA) is 143 Å². The molecule has 1 aliphatic heterocycles.